The number of aryl methyl sites for hydroxylation is 2. The van der Waals surface area contributed by atoms with E-state index in [1.54, 1.807) is 12.1 Å². The molecule has 0 aliphatic heterocycles. The van der Waals surface area contributed by atoms with Crippen LogP contribution in [0.2, 0.25) is 0 Å². The van der Waals surface area contributed by atoms with Crippen molar-refractivity contribution in [1.29, 1.82) is 0 Å². The van der Waals surface area contributed by atoms with Gasteiger partial charge in [-0.1, -0.05) is 6.07 Å². The van der Waals surface area contributed by atoms with Crippen LogP contribution in [0.1, 0.15) is 43.4 Å². The molecule has 0 aromatic carbocycles. The first-order valence-electron chi connectivity index (χ1n) is 9.56. The molecule has 0 aliphatic rings. The molecule has 1 amide bonds. The summed E-state index contributed by atoms with van der Waals surface area (Å²) in [6.07, 6.45) is 3.17. The largest absolute Gasteiger partial charge is 0.478 e. The lowest BCUT2D eigenvalue weighted by Gasteiger charge is -2.20. The van der Waals surface area contributed by atoms with Gasteiger partial charge in [-0.2, -0.15) is 5.10 Å². The van der Waals surface area contributed by atoms with E-state index < -0.39 is 5.97 Å². The van der Waals surface area contributed by atoms with E-state index >= 15 is 0 Å². The fourth-order valence-electron chi connectivity index (χ4n) is 3.37. The Bertz CT molecular complexity index is 1060. The minimum atomic E-state index is -1.09. The van der Waals surface area contributed by atoms with Gasteiger partial charge in [-0.3, -0.25) is 9.48 Å². The first-order valence-corrected chi connectivity index (χ1v) is 10.4. The summed E-state index contributed by atoms with van der Waals surface area (Å²) in [6, 6.07) is 4.94. The van der Waals surface area contributed by atoms with Crippen LogP contribution >= 0.6 is 11.3 Å². The predicted octanol–water partition coefficient (Wildman–Crippen LogP) is 3.51. The molecule has 3 aromatic rings. The number of carboxylic acid groups (broad SMARTS) is 1. The lowest BCUT2D eigenvalue weighted by atomic mass is 10.1. The number of nitrogens with one attached hydrogen (secondary N) is 1. The number of hydrogen-bond donors (Lipinski definition) is 2. The fourth-order valence-corrected chi connectivity index (χ4v) is 3.99. The third-order valence-electron chi connectivity index (χ3n) is 5.04. The van der Waals surface area contributed by atoms with Crippen molar-refractivity contribution in [3.05, 3.63) is 57.2 Å². The van der Waals surface area contributed by atoms with Crippen molar-refractivity contribution in [2.75, 3.05) is 23.8 Å². The monoisotopic (exact) mass is 427 g/mol. The molecule has 2 N–H and O–H groups in total. The Hall–Kier alpha value is -3.20. The van der Waals surface area contributed by atoms with E-state index in [9.17, 15) is 14.7 Å². The number of carbonyl (C=O) groups excluding carboxylic acids is 1. The van der Waals surface area contributed by atoms with Crippen molar-refractivity contribution in [1.82, 2.24) is 14.8 Å². The van der Waals surface area contributed by atoms with E-state index in [-0.39, 0.29) is 11.5 Å². The van der Waals surface area contributed by atoms with Gasteiger partial charge < -0.3 is 15.3 Å². The average Bonchev–Trinajstić information content (AvgIpc) is 3.32. The Labute approximate surface area is 179 Å². The smallest absolute Gasteiger partial charge is 0.339 e. The number of rotatable bonds is 8. The van der Waals surface area contributed by atoms with E-state index in [1.807, 2.05) is 42.9 Å². The number of thiophene rings is 1. The highest BCUT2D eigenvalue weighted by Gasteiger charge is 2.18. The van der Waals surface area contributed by atoms with Crippen molar-refractivity contribution < 1.29 is 14.7 Å². The maximum atomic E-state index is 12.2. The van der Waals surface area contributed by atoms with Gasteiger partial charge in [0.1, 0.15) is 11.4 Å². The summed E-state index contributed by atoms with van der Waals surface area (Å²) in [5.74, 6) is -1.00. The molecular weight excluding hydrogens is 402 g/mol. The number of carboxylic acids is 1. The lowest BCUT2D eigenvalue weighted by Crippen LogP contribution is -2.23. The number of carbonyl (C=O) groups is 2. The number of pyridine rings is 1. The van der Waals surface area contributed by atoms with Crippen LogP contribution in [0, 0.1) is 13.8 Å². The van der Waals surface area contributed by atoms with Crippen molar-refractivity contribution in [3.63, 3.8) is 0 Å². The molecule has 0 spiro atoms. The molecule has 3 rings (SSSR count). The molecule has 0 unspecified atom stereocenters. The van der Waals surface area contributed by atoms with Crippen LogP contribution < -0.4 is 10.2 Å². The zero-order chi connectivity index (χ0) is 21.8. The highest BCUT2D eigenvalue weighted by Crippen LogP contribution is 2.22. The lowest BCUT2D eigenvalue weighted by molar-refractivity contribution is 0.0696. The summed E-state index contributed by atoms with van der Waals surface area (Å²) < 4.78 is 1.88. The van der Waals surface area contributed by atoms with E-state index in [0.29, 0.717) is 22.9 Å². The van der Waals surface area contributed by atoms with Gasteiger partial charge in [0, 0.05) is 26.3 Å². The maximum absolute atomic E-state index is 12.2. The van der Waals surface area contributed by atoms with Crippen LogP contribution in [-0.4, -0.2) is 45.3 Å². The van der Waals surface area contributed by atoms with Gasteiger partial charge in [-0.05, 0) is 49.8 Å². The third-order valence-corrected chi connectivity index (χ3v) is 5.91. The van der Waals surface area contributed by atoms with E-state index in [1.165, 1.54) is 29.2 Å². The number of aromatic carboxylic acids is 1. The fraction of sp³-hybridized carbons (Fsp3) is 0.333. The Morgan fingerprint density at radius 1 is 1.33 bits per heavy atom. The first kappa shape index (κ1) is 21.5. The molecule has 0 saturated carbocycles. The zero-order valence-corrected chi connectivity index (χ0v) is 18.3. The van der Waals surface area contributed by atoms with Gasteiger partial charge in [-0.15, -0.1) is 11.3 Å². The van der Waals surface area contributed by atoms with Crippen LogP contribution in [0.4, 0.5) is 11.5 Å². The molecule has 0 saturated heterocycles. The highest BCUT2D eigenvalue weighted by atomic mass is 32.1. The minimum absolute atomic E-state index is 0.0511. The molecule has 3 aromatic heterocycles. The number of amides is 1. The van der Waals surface area contributed by atoms with E-state index in [4.69, 9.17) is 0 Å². The first-order chi connectivity index (χ1) is 14.3. The molecule has 0 aliphatic carbocycles. The van der Waals surface area contributed by atoms with Gasteiger partial charge in [0.05, 0.1) is 22.5 Å². The average molecular weight is 428 g/mol. The summed E-state index contributed by atoms with van der Waals surface area (Å²) in [6.45, 7) is 4.69. The zero-order valence-electron chi connectivity index (χ0n) is 17.5. The van der Waals surface area contributed by atoms with E-state index in [2.05, 4.69) is 15.4 Å². The summed E-state index contributed by atoms with van der Waals surface area (Å²) in [5.41, 5.74) is 3.79. The van der Waals surface area contributed by atoms with Crippen molar-refractivity contribution >= 4 is 34.7 Å². The van der Waals surface area contributed by atoms with Gasteiger partial charge in [0.2, 0.25) is 0 Å². The molecule has 9 heteroatoms. The van der Waals surface area contributed by atoms with Crippen molar-refractivity contribution in [3.8, 4) is 0 Å². The summed E-state index contributed by atoms with van der Waals surface area (Å²) >= 11 is 1.32. The van der Waals surface area contributed by atoms with E-state index in [0.717, 1.165) is 24.2 Å². The molecule has 8 nitrogen and oxygen atoms in total. The number of anilines is 2. The maximum Gasteiger partial charge on any atom is 0.339 e. The summed E-state index contributed by atoms with van der Waals surface area (Å²) in [5, 5.41) is 18.6. The Balaban J connectivity index is 1.69. The van der Waals surface area contributed by atoms with Crippen LogP contribution in [0.3, 0.4) is 0 Å². The number of hydrogen-bond acceptors (Lipinski definition) is 6. The quantitative estimate of drug-likeness (QED) is 0.571. The summed E-state index contributed by atoms with van der Waals surface area (Å²) in [4.78, 5) is 30.7. The molecule has 0 radical (unpaired) electrons. The standard InChI is InChI=1S/C21H25N5O3S/c1-13-16(14(2)26(4)24-13)7-5-9-25(3)19-17(21(28)29)11-15(12-22-19)23-20(27)18-8-6-10-30-18/h6,8,10-12H,5,7,9H2,1-4H3,(H,23,27)(H,28,29). The topological polar surface area (TPSA) is 100 Å². The normalized spacial score (nSPS) is 10.8. The molecule has 0 bridgehead atoms. The molecule has 3 heterocycles. The molecule has 158 valence electrons. The molecule has 30 heavy (non-hydrogen) atoms. The SMILES string of the molecule is Cc1nn(C)c(C)c1CCCN(C)c1ncc(NC(=O)c2cccs2)cc1C(=O)O. The van der Waals surface area contributed by atoms with Crippen LogP contribution in [-0.2, 0) is 13.5 Å². The van der Waals surface area contributed by atoms with Gasteiger partial charge in [-0.25, -0.2) is 9.78 Å². The van der Waals surface area contributed by atoms with Gasteiger partial charge in [0.15, 0.2) is 0 Å². The second-order valence-electron chi connectivity index (χ2n) is 7.13. The Morgan fingerprint density at radius 2 is 2.10 bits per heavy atom. The Kier molecular flexibility index (Phi) is 6.51. The summed E-state index contributed by atoms with van der Waals surface area (Å²) in [7, 11) is 3.75. The Morgan fingerprint density at radius 3 is 2.70 bits per heavy atom. The molecule has 0 atom stereocenters. The number of nitrogens with zero attached hydrogens (tertiary/aromatic N) is 4. The molecular formula is C21H25N5O3S. The van der Waals surface area contributed by atoms with Crippen LogP contribution in [0.5, 0.6) is 0 Å². The third kappa shape index (κ3) is 4.68. The highest BCUT2D eigenvalue weighted by molar-refractivity contribution is 7.12. The second kappa shape index (κ2) is 9.08. The predicted molar refractivity (Wildman–Crippen MR) is 118 cm³/mol. The minimum Gasteiger partial charge on any atom is -0.478 e. The van der Waals surface area contributed by atoms with Crippen LogP contribution in [0.15, 0.2) is 29.8 Å². The van der Waals surface area contributed by atoms with Crippen molar-refractivity contribution in [2.45, 2.75) is 26.7 Å². The van der Waals surface area contributed by atoms with Gasteiger partial charge in [0.25, 0.3) is 5.91 Å². The van der Waals surface area contributed by atoms with Crippen LogP contribution in [0.25, 0.3) is 0 Å². The van der Waals surface area contributed by atoms with Crippen molar-refractivity contribution in [2.24, 2.45) is 7.05 Å². The van der Waals surface area contributed by atoms with Gasteiger partial charge >= 0.3 is 5.97 Å². The molecule has 0 fully saturated rings. The number of aromatic nitrogens is 3. The second-order valence-corrected chi connectivity index (χ2v) is 8.08.